The molecule has 1 unspecified atom stereocenters. The van der Waals surface area contributed by atoms with Crippen LogP contribution >= 0.6 is 0 Å². The number of nitrogens with zero attached hydrogens (tertiary/aromatic N) is 1. The lowest BCUT2D eigenvalue weighted by atomic mass is 9.78. The van der Waals surface area contributed by atoms with E-state index in [-0.39, 0.29) is 6.42 Å². The van der Waals surface area contributed by atoms with Gasteiger partial charge in [0, 0.05) is 24.3 Å². The van der Waals surface area contributed by atoms with Crippen LogP contribution in [0.4, 0.5) is 8.78 Å². The van der Waals surface area contributed by atoms with Crippen molar-refractivity contribution in [3.05, 3.63) is 24.0 Å². The van der Waals surface area contributed by atoms with Gasteiger partial charge in [-0.1, -0.05) is 6.07 Å². The molecule has 1 saturated heterocycles. The molecule has 6 heteroatoms. The number of halogens is 2. The first kappa shape index (κ1) is 14.9. The Morgan fingerprint density at radius 3 is 2.05 bits per heavy atom. The average molecular weight is 295 g/mol. The Hall–Kier alpha value is -1.01. The zero-order chi connectivity index (χ0) is 15.7. The van der Waals surface area contributed by atoms with Crippen molar-refractivity contribution >= 4 is 12.6 Å². The van der Waals surface area contributed by atoms with Crippen LogP contribution in [0.2, 0.25) is 0 Å². The zero-order valence-electron chi connectivity index (χ0n) is 13.0. The van der Waals surface area contributed by atoms with Gasteiger partial charge >= 0.3 is 7.12 Å². The van der Waals surface area contributed by atoms with Crippen LogP contribution in [0.25, 0.3) is 0 Å². The molecule has 0 aromatic carbocycles. The number of rotatable bonds is 2. The van der Waals surface area contributed by atoms with Crippen LogP contribution in [0.1, 0.15) is 46.6 Å². The van der Waals surface area contributed by atoms with Gasteiger partial charge in [-0.15, -0.1) is 0 Å². The summed E-state index contributed by atoms with van der Waals surface area (Å²) in [6.45, 7) is 9.40. The molecule has 114 valence electrons. The third kappa shape index (κ3) is 2.11. The van der Waals surface area contributed by atoms with Crippen LogP contribution in [0.15, 0.2) is 18.5 Å². The Kier molecular flexibility index (Phi) is 2.87. The Morgan fingerprint density at radius 2 is 1.57 bits per heavy atom. The summed E-state index contributed by atoms with van der Waals surface area (Å²) in [4.78, 5) is 4.10. The van der Waals surface area contributed by atoms with Crippen LogP contribution in [0, 0.1) is 0 Å². The van der Waals surface area contributed by atoms with Crippen LogP contribution in [0.3, 0.4) is 0 Å². The van der Waals surface area contributed by atoms with Gasteiger partial charge in [-0.2, -0.15) is 0 Å². The normalized spacial score (nSPS) is 32.2. The summed E-state index contributed by atoms with van der Waals surface area (Å²) >= 11 is 0. The van der Waals surface area contributed by atoms with E-state index in [1.54, 1.807) is 19.2 Å². The van der Waals surface area contributed by atoms with E-state index in [0.717, 1.165) is 0 Å². The molecule has 3 rings (SSSR count). The van der Waals surface area contributed by atoms with E-state index in [1.165, 1.54) is 6.20 Å². The van der Waals surface area contributed by atoms with Crippen LogP contribution < -0.4 is 5.46 Å². The third-order valence-corrected chi connectivity index (χ3v) is 5.18. The van der Waals surface area contributed by atoms with E-state index in [4.69, 9.17) is 9.31 Å². The summed E-state index contributed by atoms with van der Waals surface area (Å²) in [5, 5.41) is 0. The van der Waals surface area contributed by atoms with Gasteiger partial charge < -0.3 is 9.31 Å². The maximum Gasteiger partial charge on any atom is 0.496 e. The van der Waals surface area contributed by atoms with Gasteiger partial charge in [-0.05, 0) is 40.2 Å². The lowest BCUT2D eigenvalue weighted by Crippen LogP contribution is -2.41. The molecule has 1 aliphatic heterocycles. The van der Waals surface area contributed by atoms with Gasteiger partial charge in [0.15, 0.2) is 0 Å². The van der Waals surface area contributed by atoms with E-state index in [0.29, 0.717) is 11.0 Å². The molecule has 1 atom stereocenters. The minimum absolute atomic E-state index is 0.130. The molecule has 0 bridgehead atoms. The highest BCUT2D eigenvalue weighted by Gasteiger charge is 2.69. The van der Waals surface area contributed by atoms with Crippen molar-refractivity contribution in [2.45, 2.75) is 63.6 Å². The van der Waals surface area contributed by atoms with Crippen molar-refractivity contribution in [2.24, 2.45) is 0 Å². The van der Waals surface area contributed by atoms with Crippen molar-refractivity contribution < 1.29 is 18.1 Å². The SMILES string of the molecule is CC1(C)OB(c2cncc(C3(C)CC3(F)F)c2)OC1(C)C. The van der Waals surface area contributed by atoms with Crippen molar-refractivity contribution in [3.8, 4) is 0 Å². The highest BCUT2D eigenvalue weighted by atomic mass is 19.3. The fraction of sp³-hybridized carbons (Fsp3) is 0.667. The first-order valence-corrected chi connectivity index (χ1v) is 7.17. The van der Waals surface area contributed by atoms with Gasteiger partial charge in [0.05, 0.1) is 16.6 Å². The smallest absolute Gasteiger partial charge is 0.399 e. The molecule has 1 aromatic rings. The molecular formula is C15H20BF2NO2. The Morgan fingerprint density at radius 1 is 1.05 bits per heavy atom. The molecule has 0 N–H and O–H groups in total. The molecule has 2 aliphatic rings. The quantitative estimate of drug-likeness (QED) is 0.786. The van der Waals surface area contributed by atoms with Crippen LogP contribution in [-0.2, 0) is 14.7 Å². The molecule has 2 heterocycles. The Balaban J connectivity index is 1.89. The molecule has 3 nitrogen and oxygen atoms in total. The standard InChI is InChI=1S/C15H20BF2NO2/c1-12(2)13(3,4)21-16(20-12)11-6-10(7-19-8-11)14(5)9-15(14,17)18/h6-8H,9H2,1-5H3. The van der Waals surface area contributed by atoms with E-state index < -0.39 is 29.7 Å². The molecule has 1 aromatic heterocycles. The summed E-state index contributed by atoms with van der Waals surface area (Å²) in [6.07, 6.45) is 3.00. The second-order valence-electron chi connectivity index (χ2n) is 7.31. The van der Waals surface area contributed by atoms with Gasteiger partial charge in [0.25, 0.3) is 5.92 Å². The molecule has 0 amide bonds. The van der Waals surface area contributed by atoms with E-state index in [9.17, 15) is 8.78 Å². The minimum atomic E-state index is -2.65. The van der Waals surface area contributed by atoms with E-state index in [2.05, 4.69) is 4.98 Å². The van der Waals surface area contributed by atoms with Crippen molar-refractivity contribution in [1.82, 2.24) is 4.98 Å². The summed E-state index contributed by atoms with van der Waals surface area (Å²) < 4.78 is 38.9. The predicted molar refractivity (Wildman–Crippen MR) is 76.9 cm³/mol. The van der Waals surface area contributed by atoms with Gasteiger partial charge in [0.2, 0.25) is 0 Å². The summed E-state index contributed by atoms with van der Waals surface area (Å²) in [5.41, 5.74) is -0.795. The Labute approximate surface area is 124 Å². The Bertz CT molecular complexity index is 575. The fourth-order valence-corrected chi connectivity index (χ4v) is 2.58. The highest BCUT2D eigenvalue weighted by Crippen LogP contribution is 2.60. The number of hydrogen-bond donors (Lipinski definition) is 0. The lowest BCUT2D eigenvalue weighted by molar-refractivity contribution is 0.00578. The average Bonchev–Trinajstić information content (AvgIpc) is 2.78. The molecule has 2 fully saturated rings. The number of pyridine rings is 1. The number of aromatic nitrogens is 1. The second kappa shape index (κ2) is 4.05. The summed E-state index contributed by atoms with van der Waals surface area (Å²) in [6, 6.07) is 1.73. The highest BCUT2D eigenvalue weighted by molar-refractivity contribution is 6.62. The van der Waals surface area contributed by atoms with E-state index in [1.807, 2.05) is 27.7 Å². The second-order valence-corrected chi connectivity index (χ2v) is 7.31. The molecular weight excluding hydrogens is 275 g/mol. The number of alkyl halides is 2. The van der Waals surface area contributed by atoms with Gasteiger partial charge in [-0.3, -0.25) is 4.98 Å². The van der Waals surface area contributed by atoms with Crippen molar-refractivity contribution in [1.29, 1.82) is 0 Å². The predicted octanol–water partition coefficient (Wildman–Crippen LogP) is 2.68. The summed E-state index contributed by atoms with van der Waals surface area (Å²) in [7, 11) is -0.571. The van der Waals surface area contributed by atoms with Crippen molar-refractivity contribution in [2.75, 3.05) is 0 Å². The summed E-state index contributed by atoms with van der Waals surface area (Å²) in [5.74, 6) is -2.65. The van der Waals surface area contributed by atoms with Gasteiger partial charge in [0.1, 0.15) is 0 Å². The maximum atomic E-state index is 13.5. The minimum Gasteiger partial charge on any atom is -0.399 e. The first-order chi connectivity index (χ1) is 9.49. The molecule has 0 radical (unpaired) electrons. The van der Waals surface area contributed by atoms with E-state index >= 15 is 0 Å². The molecule has 0 spiro atoms. The molecule has 1 saturated carbocycles. The zero-order valence-corrected chi connectivity index (χ0v) is 13.0. The van der Waals surface area contributed by atoms with Crippen LogP contribution in [0.5, 0.6) is 0 Å². The van der Waals surface area contributed by atoms with Gasteiger partial charge in [-0.25, -0.2) is 8.78 Å². The maximum absolute atomic E-state index is 13.5. The number of hydrogen-bond acceptors (Lipinski definition) is 3. The topological polar surface area (TPSA) is 31.4 Å². The molecule has 21 heavy (non-hydrogen) atoms. The first-order valence-electron chi connectivity index (χ1n) is 7.17. The fourth-order valence-electron chi connectivity index (χ4n) is 2.58. The monoisotopic (exact) mass is 295 g/mol. The van der Waals surface area contributed by atoms with Crippen LogP contribution in [-0.4, -0.2) is 29.2 Å². The van der Waals surface area contributed by atoms with Crippen molar-refractivity contribution in [3.63, 3.8) is 0 Å². The largest absolute Gasteiger partial charge is 0.496 e. The third-order valence-electron chi connectivity index (χ3n) is 5.18. The molecule has 1 aliphatic carbocycles. The lowest BCUT2D eigenvalue weighted by Gasteiger charge is -2.32.